The van der Waals surface area contributed by atoms with Crippen molar-refractivity contribution < 1.29 is 8.83 Å². The predicted molar refractivity (Wildman–Crippen MR) is 213 cm³/mol. The average molecular weight is 668 g/mol. The molecule has 8 aromatic carbocycles. The Bertz CT molecular complexity index is 3080. The zero-order chi connectivity index (χ0) is 34.2. The first-order chi connectivity index (χ1) is 25.8. The van der Waals surface area contributed by atoms with Gasteiger partial charge < -0.3 is 18.3 Å². The molecule has 5 nitrogen and oxygen atoms in total. The van der Waals surface area contributed by atoms with Crippen molar-refractivity contribution in [1.29, 1.82) is 0 Å². The molecule has 0 fully saturated rings. The highest BCUT2D eigenvalue weighted by atomic mass is 16.3. The maximum Gasteiger partial charge on any atom is 0.227 e. The number of para-hydroxylation sites is 3. The quantitative estimate of drug-likeness (QED) is 0.183. The topological polar surface area (TPSA) is 47.3 Å². The number of hydrogen-bond donors (Lipinski definition) is 0. The maximum atomic E-state index is 6.39. The largest absolute Gasteiger partial charge is 0.456 e. The Labute approximate surface area is 298 Å². The van der Waals surface area contributed by atoms with Gasteiger partial charge in [0.05, 0.1) is 11.0 Å². The van der Waals surface area contributed by atoms with Crippen LogP contribution < -0.4 is 4.90 Å². The van der Waals surface area contributed by atoms with E-state index in [0.29, 0.717) is 5.89 Å². The van der Waals surface area contributed by atoms with E-state index in [4.69, 9.17) is 13.8 Å². The SMILES string of the molecule is c1ccc2c(c1)ccc1nc(-c3ccc(N(c4ccc(-n5c6ccccc6c6ccccc65)cc4)c4ccc5oc6ccccc6c5c4)cc3)oc12. The van der Waals surface area contributed by atoms with E-state index in [1.54, 1.807) is 0 Å². The van der Waals surface area contributed by atoms with Crippen LogP contribution in [0.2, 0.25) is 0 Å². The van der Waals surface area contributed by atoms with Crippen LogP contribution >= 0.6 is 0 Å². The normalized spacial score (nSPS) is 11.8. The second-order valence-electron chi connectivity index (χ2n) is 13.2. The van der Waals surface area contributed by atoms with Gasteiger partial charge in [0.25, 0.3) is 0 Å². The summed E-state index contributed by atoms with van der Waals surface area (Å²) in [6.45, 7) is 0. The Morgan fingerprint density at radius 2 is 1.04 bits per heavy atom. The molecule has 11 aromatic rings. The fourth-order valence-electron chi connectivity index (χ4n) is 7.78. The van der Waals surface area contributed by atoms with Crippen LogP contribution in [0.4, 0.5) is 17.1 Å². The molecule has 0 bridgehead atoms. The lowest BCUT2D eigenvalue weighted by atomic mass is 10.1. The van der Waals surface area contributed by atoms with Crippen molar-refractivity contribution >= 4 is 82.7 Å². The van der Waals surface area contributed by atoms with E-state index in [2.05, 4.69) is 155 Å². The van der Waals surface area contributed by atoms with E-state index >= 15 is 0 Å². The highest BCUT2D eigenvalue weighted by molar-refractivity contribution is 6.09. The summed E-state index contributed by atoms with van der Waals surface area (Å²) in [5.41, 5.74) is 10.9. The standard InChI is InChI=1S/C47H29N3O2/c1-2-10-36-30(9-1)19-27-41-46(36)52-47(48-41)31-17-20-32(21-18-31)49(35-26-28-45-40(29-35)39-13-5-8-16-44(39)51-45)33-22-24-34(25-23-33)50-42-14-6-3-11-37(42)38-12-4-7-15-43(38)50/h1-29H. The molecule has 0 amide bonds. The van der Waals surface area contributed by atoms with Crippen molar-refractivity contribution in [2.45, 2.75) is 0 Å². The van der Waals surface area contributed by atoms with Crippen LogP contribution in [0.15, 0.2) is 185 Å². The molecule has 244 valence electrons. The first-order valence-electron chi connectivity index (χ1n) is 17.5. The number of anilines is 3. The van der Waals surface area contributed by atoms with E-state index in [1.807, 2.05) is 30.3 Å². The maximum absolute atomic E-state index is 6.39. The molecule has 0 radical (unpaired) electrons. The Morgan fingerprint density at radius 3 is 1.79 bits per heavy atom. The molecular formula is C47H29N3O2. The Hall–Kier alpha value is -7.11. The van der Waals surface area contributed by atoms with E-state index in [9.17, 15) is 0 Å². The molecular weight excluding hydrogens is 639 g/mol. The smallest absolute Gasteiger partial charge is 0.227 e. The Kier molecular flexibility index (Phi) is 6.18. The molecule has 0 aliphatic heterocycles. The molecule has 0 aliphatic carbocycles. The van der Waals surface area contributed by atoms with Crippen LogP contribution in [0, 0.1) is 0 Å². The van der Waals surface area contributed by atoms with Gasteiger partial charge in [0.1, 0.15) is 16.7 Å². The minimum absolute atomic E-state index is 0.603. The molecule has 5 heteroatoms. The first kappa shape index (κ1) is 28.7. The molecule has 0 spiro atoms. The summed E-state index contributed by atoms with van der Waals surface area (Å²) in [6, 6.07) is 61.5. The number of benzene rings is 8. The predicted octanol–water partition coefficient (Wildman–Crippen LogP) is 13.1. The van der Waals surface area contributed by atoms with Crippen molar-refractivity contribution in [3.8, 4) is 17.1 Å². The van der Waals surface area contributed by atoms with Gasteiger partial charge in [-0.2, -0.15) is 0 Å². The molecule has 11 rings (SSSR count). The lowest BCUT2D eigenvalue weighted by Crippen LogP contribution is -2.10. The van der Waals surface area contributed by atoms with Crippen molar-refractivity contribution in [2.75, 3.05) is 4.90 Å². The third-order valence-electron chi connectivity index (χ3n) is 10.2. The summed E-state index contributed by atoms with van der Waals surface area (Å²) in [5, 5.41) is 6.87. The fraction of sp³-hybridized carbons (Fsp3) is 0. The van der Waals surface area contributed by atoms with Gasteiger partial charge in [-0.15, -0.1) is 0 Å². The molecule has 3 heterocycles. The van der Waals surface area contributed by atoms with Gasteiger partial charge in [-0.25, -0.2) is 4.98 Å². The van der Waals surface area contributed by atoms with Gasteiger partial charge in [-0.1, -0.05) is 84.9 Å². The molecule has 3 aromatic heterocycles. The van der Waals surface area contributed by atoms with Crippen LogP contribution in [0.1, 0.15) is 0 Å². The number of oxazole rings is 1. The molecule has 0 saturated carbocycles. The van der Waals surface area contributed by atoms with Crippen LogP contribution in [-0.4, -0.2) is 9.55 Å². The first-order valence-corrected chi connectivity index (χ1v) is 17.5. The van der Waals surface area contributed by atoms with Gasteiger partial charge in [0.2, 0.25) is 5.89 Å². The van der Waals surface area contributed by atoms with Crippen molar-refractivity contribution in [2.24, 2.45) is 0 Å². The Morgan fingerprint density at radius 1 is 0.442 bits per heavy atom. The minimum atomic E-state index is 0.603. The number of aromatic nitrogens is 2. The molecule has 0 aliphatic rings. The summed E-state index contributed by atoms with van der Waals surface area (Å²) in [7, 11) is 0. The third-order valence-corrected chi connectivity index (χ3v) is 10.2. The van der Waals surface area contributed by atoms with E-state index in [-0.39, 0.29) is 0 Å². The number of furan rings is 1. The summed E-state index contributed by atoms with van der Waals surface area (Å²) in [6.07, 6.45) is 0. The highest BCUT2D eigenvalue weighted by Crippen LogP contribution is 2.41. The molecule has 0 saturated heterocycles. The summed E-state index contributed by atoms with van der Waals surface area (Å²) in [5.74, 6) is 0.603. The van der Waals surface area contributed by atoms with Gasteiger partial charge in [-0.3, -0.25) is 0 Å². The van der Waals surface area contributed by atoms with E-state index in [0.717, 1.165) is 72.1 Å². The molecule has 0 N–H and O–H groups in total. The fourth-order valence-corrected chi connectivity index (χ4v) is 7.78. The second-order valence-corrected chi connectivity index (χ2v) is 13.2. The zero-order valence-electron chi connectivity index (χ0n) is 27.9. The van der Waals surface area contributed by atoms with Crippen LogP contribution in [0.25, 0.3) is 82.8 Å². The zero-order valence-corrected chi connectivity index (χ0v) is 27.9. The van der Waals surface area contributed by atoms with Crippen molar-refractivity contribution in [3.63, 3.8) is 0 Å². The van der Waals surface area contributed by atoms with Crippen molar-refractivity contribution in [3.05, 3.63) is 176 Å². The monoisotopic (exact) mass is 667 g/mol. The van der Waals surface area contributed by atoms with Crippen LogP contribution in [-0.2, 0) is 0 Å². The van der Waals surface area contributed by atoms with Gasteiger partial charge >= 0.3 is 0 Å². The second kappa shape index (κ2) is 11.2. The molecule has 0 unspecified atom stereocenters. The summed E-state index contributed by atoms with van der Waals surface area (Å²) >= 11 is 0. The highest BCUT2D eigenvalue weighted by Gasteiger charge is 2.18. The van der Waals surface area contributed by atoms with Crippen molar-refractivity contribution in [1.82, 2.24) is 9.55 Å². The van der Waals surface area contributed by atoms with Crippen LogP contribution in [0.3, 0.4) is 0 Å². The van der Waals surface area contributed by atoms with E-state index in [1.165, 1.54) is 21.8 Å². The number of fused-ring (bicyclic) bond motifs is 9. The van der Waals surface area contributed by atoms with Gasteiger partial charge in [0, 0.05) is 55.2 Å². The Balaban J connectivity index is 1.04. The summed E-state index contributed by atoms with van der Waals surface area (Å²) in [4.78, 5) is 7.16. The average Bonchev–Trinajstić information content (AvgIpc) is 3.91. The third kappa shape index (κ3) is 4.39. The van der Waals surface area contributed by atoms with Crippen LogP contribution in [0.5, 0.6) is 0 Å². The molecule has 0 atom stereocenters. The number of rotatable bonds is 5. The lowest BCUT2D eigenvalue weighted by molar-refractivity contribution is 0.623. The number of nitrogens with zero attached hydrogens (tertiary/aromatic N) is 3. The van der Waals surface area contributed by atoms with E-state index < -0.39 is 0 Å². The van der Waals surface area contributed by atoms with Gasteiger partial charge in [0.15, 0.2) is 5.58 Å². The lowest BCUT2D eigenvalue weighted by Gasteiger charge is -2.26. The summed E-state index contributed by atoms with van der Waals surface area (Å²) < 4.78 is 14.9. The minimum Gasteiger partial charge on any atom is -0.456 e. The molecule has 52 heavy (non-hydrogen) atoms. The number of hydrogen-bond acceptors (Lipinski definition) is 4. The van der Waals surface area contributed by atoms with Gasteiger partial charge in [-0.05, 0) is 96.4 Å².